The molecule has 23 heavy (non-hydrogen) atoms. The molecule has 2 rings (SSSR count). The summed E-state index contributed by atoms with van der Waals surface area (Å²) in [5.74, 6) is -1.89. The molecule has 0 aliphatic carbocycles. The van der Waals surface area contributed by atoms with E-state index in [1.54, 1.807) is 18.2 Å². The zero-order chi connectivity index (χ0) is 17.0. The van der Waals surface area contributed by atoms with Gasteiger partial charge >= 0.3 is 0 Å². The number of hydrogen-bond donors (Lipinski definition) is 0. The van der Waals surface area contributed by atoms with Crippen molar-refractivity contribution in [1.29, 1.82) is 0 Å². The number of rotatable bonds is 6. The van der Waals surface area contributed by atoms with E-state index in [4.69, 9.17) is 14.2 Å². The van der Waals surface area contributed by atoms with E-state index in [-0.39, 0.29) is 17.7 Å². The number of benzene rings is 2. The van der Waals surface area contributed by atoms with Crippen LogP contribution in [0.2, 0.25) is 0 Å². The summed E-state index contributed by atoms with van der Waals surface area (Å²) < 4.78 is 42.0. The number of methoxy groups -OCH3 is 3. The predicted octanol–water partition coefficient (Wildman–Crippen LogP) is 3.42. The average Bonchev–Trinajstić information content (AvgIpc) is 2.56. The Morgan fingerprint density at radius 2 is 1.65 bits per heavy atom. The molecule has 2 aromatic carbocycles. The Balaban J connectivity index is 2.34. The summed E-state index contributed by atoms with van der Waals surface area (Å²) in [6.45, 7) is 0. The van der Waals surface area contributed by atoms with E-state index in [0.29, 0.717) is 17.1 Å². The molecular weight excluding hydrogens is 306 g/mol. The number of carbonyl (C=O) groups excluding carboxylic acids is 1. The fourth-order valence-electron chi connectivity index (χ4n) is 2.17. The number of hydrogen-bond acceptors (Lipinski definition) is 4. The molecule has 0 saturated carbocycles. The zero-order valence-electron chi connectivity index (χ0n) is 13.0. The Hall–Kier alpha value is -2.63. The molecule has 0 atom stereocenters. The third-order valence-corrected chi connectivity index (χ3v) is 3.38. The van der Waals surface area contributed by atoms with Crippen LogP contribution in [-0.4, -0.2) is 27.1 Å². The van der Waals surface area contributed by atoms with Gasteiger partial charge < -0.3 is 14.2 Å². The van der Waals surface area contributed by atoms with Crippen molar-refractivity contribution in [2.75, 3.05) is 21.3 Å². The Bertz CT molecular complexity index is 729. The Morgan fingerprint density at radius 3 is 2.26 bits per heavy atom. The van der Waals surface area contributed by atoms with Gasteiger partial charge in [0.25, 0.3) is 0 Å². The summed E-state index contributed by atoms with van der Waals surface area (Å²) in [4.78, 5) is 12.4. The van der Waals surface area contributed by atoms with Crippen LogP contribution in [0, 0.1) is 11.6 Å². The summed E-state index contributed by atoms with van der Waals surface area (Å²) in [5.41, 5.74) is 0.603. The van der Waals surface area contributed by atoms with Gasteiger partial charge in [0.2, 0.25) is 5.82 Å². The fourth-order valence-corrected chi connectivity index (χ4v) is 2.17. The summed E-state index contributed by atoms with van der Waals surface area (Å²) in [6, 6.07) is 7.06. The molecule has 0 unspecified atom stereocenters. The van der Waals surface area contributed by atoms with Gasteiger partial charge in [0.05, 0.1) is 21.3 Å². The molecule has 0 radical (unpaired) electrons. The molecule has 2 aromatic rings. The van der Waals surface area contributed by atoms with Crippen molar-refractivity contribution in [2.45, 2.75) is 6.42 Å². The summed E-state index contributed by atoms with van der Waals surface area (Å²) in [5, 5.41) is 0. The monoisotopic (exact) mass is 322 g/mol. The van der Waals surface area contributed by atoms with Crippen molar-refractivity contribution in [3.63, 3.8) is 0 Å². The first kappa shape index (κ1) is 16.7. The van der Waals surface area contributed by atoms with Gasteiger partial charge in [0.1, 0.15) is 11.5 Å². The molecule has 6 heteroatoms. The number of ketones is 1. The Labute approximate surface area is 132 Å². The van der Waals surface area contributed by atoms with Crippen LogP contribution in [0.25, 0.3) is 0 Å². The van der Waals surface area contributed by atoms with Gasteiger partial charge in [-0.3, -0.25) is 4.79 Å². The van der Waals surface area contributed by atoms with Crippen molar-refractivity contribution < 1.29 is 27.8 Å². The van der Waals surface area contributed by atoms with Crippen LogP contribution in [0.3, 0.4) is 0 Å². The fraction of sp³-hybridized carbons (Fsp3) is 0.235. The lowest BCUT2D eigenvalue weighted by atomic mass is 10.0. The lowest BCUT2D eigenvalue weighted by Gasteiger charge is -2.11. The second kappa shape index (κ2) is 7.09. The highest BCUT2D eigenvalue weighted by Gasteiger charge is 2.17. The Kier molecular flexibility index (Phi) is 5.16. The van der Waals surface area contributed by atoms with Crippen LogP contribution in [0.15, 0.2) is 30.3 Å². The van der Waals surface area contributed by atoms with Crippen LogP contribution < -0.4 is 14.2 Å². The molecule has 122 valence electrons. The van der Waals surface area contributed by atoms with Crippen LogP contribution in [0.4, 0.5) is 8.78 Å². The maximum atomic E-state index is 13.5. The van der Waals surface area contributed by atoms with Gasteiger partial charge in [-0.1, -0.05) is 0 Å². The molecule has 4 nitrogen and oxygen atoms in total. The first-order valence-corrected chi connectivity index (χ1v) is 6.77. The van der Waals surface area contributed by atoms with Crippen LogP contribution in [0.1, 0.15) is 15.9 Å². The van der Waals surface area contributed by atoms with E-state index in [1.165, 1.54) is 27.4 Å². The first-order chi connectivity index (χ1) is 11.0. The van der Waals surface area contributed by atoms with Crippen LogP contribution in [-0.2, 0) is 6.42 Å². The van der Waals surface area contributed by atoms with Crippen molar-refractivity contribution >= 4 is 5.78 Å². The van der Waals surface area contributed by atoms with Gasteiger partial charge in [0.15, 0.2) is 17.3 Å². The molecule has 0 aliphatic heterocycles. The summed E-state index contributed by atoms with van der Waals surface area (Å²) in [7, 11) is 4.20. The normalized spacial score (nSPS) is 10.3. The first-order valence-electron chi connectivity index (χ1n) is 6.77. The minimum Gasteiger partial charge on any atom is -0.497 e. The van der Waals surface area contributed by atoms with Gasteiger partial charge in [0, 0.05) is 17.5 Å². The van der Waals surface area contributed by atoms with E-state index in [0.717, 1.165) is 6.07 Å². The highest BCUT2D eigenvalue weighted by molar-refractivity contribution is 5.98. The van der Waals surface area contributed by atoms with Gasteiger partial charge in [-0.25, -0.2) is 4.39 Å². The third-order valence-electron chi connectivity index (χ3n) is 3.38. The topological polar surface area (TPSA) is 44.8 Å². The molecule has 0 amide bonds. The highest BCUT2D eigenvalue weighted by Crippen LogP contribution is 2.27. The number of Topliss-reactive ketones (excluding diaryl/α,β-unsaturated/α-hetero) is 1. The molecule has 0 heterocycles. The number of ether oxygens (including phenoxy) is 3. The minimum atomic E-state index is -1.13. The van der Waals surface area contributed by atoms with E-state index in [1.807, 2.05) is 0 Å². The largest absolute Gasteiger partial charge is 0.497 e. The highest BCUT2D eigenvalue weighted by atomic mass is 19.2. The van der Waals surface area contributed by atoms with Crippen molar-refractivity contribution in [3.05, 3.63) is 53.1 Å². The molecule has 0 bridgehead atoms. The second-order valence-electron chi connectivity index (χ2n) is 4.75. The molecule has 0 saturated heterocycles. The van der Waals surface area contributed by atoms with Crippen LogP contribution >= 0.6 is 0 Å². The Morgan fingerprint density at radius 1 is 0.957 bits per heavy atom. The number of carbonyl (C=O) groups is 1. The molecule has 0 aliphatic rings. The summed E-state index contributed by atoms with van der Waals surface area (Å²) >= 11 is 0. The SMILES string of the molecule is COc1ccc(OC)c(CC(=O)c2cc(F)c(F)c(OC)c2)c1. The van der Waals surface area contributed by atoms with Crippen molar-refractivity contribution in [2.24, 2.45) is 0 Å². The molecule has 0 N–H and O–H groups in total. The molecule has 0 aromatic heterocycles. The van der Waals surface area contributed by atoms with Crippen molar-refractivity contribution in [3.8, 4) is 17.2 Å². The van der Waals surface area contributed by atoms with Gasteiger partial charge in [-0.15, -0.1) is 0 Å². The van der Waals surface area contributed by atoms with E-state index in [2.05, 4.69) is 0 Å². The predicted molar refractivity (Wildman–Crippen MR) is 80.5 cm³/mol. The smallest absolute Gasteiger partial charge is 0.200 e. The van der Waals surface area contributed by atoms with Gasteiger partial charge in [-0.2, -0.15) is 4.39 Å². The van der Waals surface area contributed by atoms with E-state index >= 15 is 0 Å². The second-order valence-corrected chi connectivity index (χ2v) is 4.75. The molecule has 0 fully saturated rings. The molecular formula is C17H16F2O4. The van der Waals surface area contributed by atoms with Gasteiger partial charge in [-0.05, 0) is 30.3 Å². The quantitative estimate of drug-likeness (QED) is 0.765. The minimum absolute atomic E-state index is 0.0191. The maximum Gasteiger partial charge on any atom is 0.200 e. The summed E-state index contributed by atoms with van der Waals surface area (Å²) in [6.07, 6.45) is -0.0470. The lowest BCUT2D eigenvalue weighted by molar-refractivity contribution is 0.0991. The van der Waals surface area contributed by atoms with E-state index < -0.39 is 17.4 Å². The number of halogens is 2. The zero-order valence-corrected chi connectivity index (χ0v) is 13.0. The lowest BCUT2D eigenvalue weighted by Crippen LogP contribution is -2.07. The average molecular weight is 322 g/mol. The molecule has 0 spiro atoms. The standard InChI is InChI=1S/C17H16F2O4/c1-21-12-4-5-15(22-2)11(6-12)8-14(20)10-7-13(18)17(19)16(9-10)23-3/h4-7,9H,8H2,1-3H3. The third kappa shape index (κ3) is 3.59. The maximum absolute atomic E-state index is 13.5. The van der Waals surface area contributed by atoms with E-state index in [9.17, 15) is 13.6 Å². The van der Waals surface area contributed by atoms with Crippen LogP contribution in [0.5, 0.6) is 17.2 Å². The van der Waals surface area contributed by atoms with Crippen molar-refractivity contribution in [1.82, 2.24) is 0 Å².